The van der Waals surface area contributed by atoms with E-state index in [4.69, 9.17) is 4.42 Å². The van der Waals surface area contributed by atoms with Gasteiger partial charge in [0.2, 0.25) is 5.89 Å². The largest absolute Gasteiger partial charge is 0.444 e. The summed E-state index contributed by atoms with van der Waals surface area (Å²) in [7, 11) is 0. The highest BCUT2D eigenvalue weighted by atomic mass is 19.2. The van der Waals surface area contributed by atoms with Crippen LogP contribution < -0.4 is 5.32 Å². The van der Waals surface area contributed by atoms with E-state index in [1.807, 2.05) is 6.92 Å². The smallest absolute Gasteiger partial charge is 0.285 e. The van der Waals surface area contributed by atoms with Gasteiger partial charge >= 0.3 is 0 Å². The Morgan fingerprint density at radius 2 is 2.10 bits per heavy atom. The van der Waals surface area contributed by atoms with Gasteiger partial charge in [-0.25, -0.2) is 13.8 Å². The molecule has 0 fully saturated rings. The molecule has 1 aromatic carbocycles. The highest BCUT2D eigenvalue weighted by Crippen LogP contribution is 2.31. The Labute approximate surface area is 118 Å². The van der Waals surface area contributed by atoms with Gasteiger partial charge in [-0.15, -0.1) is 0 Å². The summed E-state index contributed by atoms with van der Waals surface area (Å²) in [6.45, 7) is 3.22. The van der Waals surface area contributed by atoms with E-state index in [2.05, 4.69) is 10.3 Å². The number of nitrogens with zero attached hydrogens (tertiary/aromatic N) is 2. The molecular formula is C13H13F2N3O3. The zero-order valence-electron chi connectivity index (χ0n) is 11.2. The van der Waals surface area contributed by atoms with Crippen LogP contribution in [0.15, 0.2) is 22.8 Å². The van der Waals surface area contributed by atoms with Crippen LogP contribution in [0.4, 0.5) is 14.5 Å². The second kappa shape index (κ2) is 6.40. The third-order valence-corrected chi connectivity index (χ3v) is 2.75. The summed E-state index contributed by atoms with van der Waals surface area (Å²) in [5, 5.41) is 14.0. The SMILES string of the molecule is CCCNCc1coc(-c2cc(F)c(F)cc2[N+](=O)[O-])n1. The summed E-state index contributed by atoms with van der Waals surface area (Å²) in [4.78, 5) is 14.1. The van der Waals surface area contributed by atoms with Gasteiger partial charge in [-0.2, -0.15) is 0 Å². The lowest BCUT2D eigenvalue weighted by Crippen LogP contribution is -2.13. The molecule has 21 heavy (non-hydrogen) atoms. The third-order valence-electron chi connectivity index (χ3n) is 2.75. The Morgan fingerprint density at radius 1 is 1.38 bits per heavy atom. The zero-order valence-corrected chi connectivity index (χ0v) is 11.2. The maximum absolute atomic E-state index is 13.3. The molecule has 0 unspecified atom stereocenters. The van der Waals surface area contributed by atoms with Gasteiger partial charge in [0.1, 0.15) is 11.8 Å². The van der Waals surface area contributed by atoms with Crippen molar-refractivity contribution in [3.05, 3.63) is 45.8 Å². The minimum Gasteiger partial charge on any atom is -0.444 e. The van der Waals surface area contributed by atoms with E-state index >= 15 is 0 Å². The van der Waals surface area contributed by atoms with Crippen LogP contribution in [0.3, 0.4) is 0 Å². The van der Waals surface area contributed by atoms with Crippen molar-refractivity contribution >= 4 is 5.69 Å². The Hall–Kier alpha value is -2.35. The van der Waals surface area contributed by atoms with E-state index in [1.165, 1.54) is 6.26 Å². The molecule has 8 heteroatoms. The minimum absolute atomic E-state index is 0.117. The molecule has 0 radical (unpaired) electrons. The van der Waals surface area contributed by atoms with Crippen molar-refractivity contribution in [1.82, 2.24) is 10.3 Å². The van der Waals surface area contributed by atoms with Crippen LogP contribution in [0.2, 0.25) is 0 Å². The summed E-state index contributed by atoms with van der Waals surface area (Å²) in [6, 6.07) is 1.23. The lowest BCUT2D eigenvalue weighted by Gasteiger charge is -2.00. The van der Waals surface area contributed by atoms with Crippen LogP contribution in [0.1, 0.15) is 19.0 Å². The summed E-state index contributed by atoms with van der Waals surface area (Å²) >= 11 is 0. The minimum atomic E-state index is -1.29. The van der Waals surface area contributed by atoms with Crippen molar-refractivity contribution in [2.45, 2.75) is 19.9 Å². The Balaban J connectivity index is 2.33. The zero-order chi connectivity index (χ0) is 15.4. The topological polar surface area (TPSA) is 81.2 Å². The number of nitro benzene ring substituents is 1. The van der Waals surface area contributed by atoms with E-state index in [1.54, 1.807) is 0 Å². The van der Waals surface area contributed by atoms with Crippen LogP contribution in [0.5, 0.6) is 0 Å². The molecule has 0 saturated heterocycles. The number of hydrogen-bond acceptors (Lipinski definition) is 5. The molecule has 1 N–H and O–H groups in total. The molecule has 0 aliphatic rings. The number of benzene rings is 1. The monoisotopic (exact) mass is 297 g/mol. The predicted molar refractivity (Wildman–Crippen MR) is 70.5 cm³/mol. The van der Waals surface area contributed by atoms with Crippen molar-refractivity contribution in [1.29, 1.82) is 0 Å². The van der Waals surface area contributed by atoms with Gasteiger partial charge in [-0.05, 0) is 19.0 Å². The Morgan fingerprint density at radius 3 is 2.76 bits per heavy atom. The summed E-state index contributed by atoms with van der Waals surface area (Å²) in [6.07, 6.45) is 2.27. The Kier molecular flexibility index (Phi) is 4.59. The summed E-state index contributed by atoms with van der Waals surface area (Å²) in [5.41, 5.74) is -0.262. The number of nitro groups is 1. The van der Waals surface area contributed by atoms with E-state index in [0.717, 1.165) is 13.0 Å². The molecule has 1 heterocycles. The highest BCUT2D eigenvalue weighted by molar-refractivity contribution is 5.67. The van der Waals surface area contributed by atoms with Gasteiger partial charge < -0.3 is 9.73 Å². The first-order valence-electron chi connectivity index (χ1n) is 6.31. The van der Waals surface area contributed by atoms with Crippen molar-refractivity contribution < 1.29 is 18.1 Å². The molecule has 0 atom stereocenters. The maximum Gasteiger partial charge on any atom is 0.285 e. The highest BCUT2D eigenvalue weighted by Gasteiger charge is 2.23. The van der Waals surface area contributed by atoms with Crippen LogP contribution >= 0.6 is 0 Å². The van der Waals surface area contributed by atoms with E-state index < -0.39 is 22.2 Å². The molecule has 0 bridgehead atoms. The molecule has 2 aromatic rings. The molecule has 1 aromatic heterocycles. The van der Waals surface area contributed by atoms with E-state index in [-0.39, 0.29) is 11.5 Å². The predicted octanol–water partition coefficient (Wildman–Crippen LogP) is 3.03. The van der Waals surface area contributed by atoms with Gasteiger partial charge in [0, 0.05) is 6.54 Å². The number of aromatic nitrogens is 1. The van der Waals surface area contributed by atoms with Gasteiger partial charge in [0.25, 0.3) is 5.69 Å². The van der Waals surface area contributed by atoms with Crippen LogP contribution in [-0.2, 0) is 6.54 Å². The molecule has 2 rings (SSSR count). The Bertz CT molecular complexity index is 658. The molecule has 0 amide bonds. The van der Waals surface area contributed by atoms with Gasteiger partial charge in [-0.3, -0.25) is 10.1 Å². The fourth-order valence-electron chi connectivity index (χ4n) is 1.76. The van der Waals surface area contributed by atoms with Crippen molar-refractivity contribution in [2.75, 3.05) is 6.54 Å². The molecule has 6 nitrogen and oxygen atoms in total. The fraction of sp³-hybridized carbons (Fsp3) is 0.308. The number of halogens is 2. The molecule has 0 aliphatic heterocycles. The fourth-order valence-corrected chi connectivity index (χ4v) is 1.76. The van der Waals surface area contributed by atoms with E-state index in [9.17, 15) is 18.9 Å². The summed E-state index contributed by atoms with van der Waals surface area (Å²) in [5.74, 6) is -2.60. The molecule has 112 valence electrons. The van der Waals surface area contributed by atoms with Crippen LogP contribution in [0, 0.1) is 21.7 Å². The van der Waals surface area contributed by atoms with E-state index in [0.29, 0.717) is 24.4 Å². The molecular weight excluding hydrogens is 284 g/mol. The third kappa shape index (κ3) is 3.40. The lowest BCUT2D eigenvalue weighted by molar-refractivity contribution is -0.384. The number of nitrogens with one attached hydrogen (secondary N) is 1. The second-order valence-electron chi connectivity index (χ2n) is 4.36. The van der Waals surface area contributed by atoms with Crippen LogP contribution in [-0.4, -0.2) is 16.5 Å². The average molecular weight is 297 g/mol. The van der Waals surface area contributed by atoms with Crippen LogP contribution in [0.25, 0.3) is 11.5 Å². The quantitative estimate of drug-likeness (QED) is 0.503. The van der Waals surface area contributed by atoms with Gasteiger partial charge in [0.15, 0.2) is 11.6 Å². The average Bonchev–Trinajstić information content (AvgIpc) is 2.90. The maximum atomic E-state index is 13.3. The normalized spacial score (nSPS) is 10.8. The first-order valence-corrected chi connectivity index (χ1v) is 6.31. The first kappa shape index (κ1) is 15.0. The molecule has 0 spiro atoms. The number of rotatable bonds is 6. The number of hydrogen-bond donors (Lipinski definition) is 1. The van der Waals surface area contributed by atoms with Gasteiger partial charge in [-0.1, -0.05) is 6.92 Å². The second-order valence-corrected chi connectivity index (χ2v) is 4.36. The standard InChI is InChI=1S/C13H13F2N3O3/c1-2-3-16-6-8-7-21-13(17-8)9-4-10(14)11(15)5-12(9)18(19)20/h4-5,7,16H,2-3,6H2,1H3. The van der Waals surface area contributed by atoms with Crippen molar-refractivity contribution in [3.8, 4) is 11.5 Å². The number of oxazole rings is 1. The molecule has 0 saturated carbocycles. The van der Waals surface area contributed by atoms with Gasteiger partial charge in [0.05, 0.1) is 16.7 Å². The van der Waals surface area contributed by atoms with Crippen molar-refractivity contribution in [3.63, 3.8) is 0 Å². The van der Waals surface area contributed by atoms with Crippen molar-refractivity contribution in [2.24, 2.45) is 0 Å². The molecule has 0 aliphatic carbocycles. The lowest BCUT2D eigenvalue weighted by atomic mass is 10.1. The summed E-state index contributed by atoms with van der Waals surface area (Å²) < 4.78 is 31.5. The first-order chi connectivity index (χ1) is 10.0.